The Balaban J connectivity index is 1.65. The van der Waals surface area contributed by atoms with Crippen LogP contribution in [0.1, 0.15) is 42.5 Å². The highest BCUT2D eigenvalue weighted by molar-refractivity contribution is 5.82. The lowest BCUT2D eigenvalue weighted by Gasteiger charge is -2.39. The molecule has 8 heteroatoms. The van der Waals surface area contributed by atoms with Gasteiger partial charge in [-0.1, -0.05) is 37.3 Å². The minimum atomic E-state index is -0.458. The van der Waals surface area contributed by atoms with Crippen LogP contribution in [0.15, 0.2) is 42.5 Å². The molecule has 1 heterocycles. The number of aryl methyl sites for hydroxylation is 2. The molecule has 3 rings (SSSR count). The maximum Gasteiger partial charge on any atom is 0.306 e. The Morgan fingerprint density at radius 2 is 1.61 bits per heavy atom. The van der Waals surface area contributed by atoms with Crippen LogP contribution in [-0.2, 0) is 14.3 Å². The Hall–Kier alpha value is -3.10. The fourth-order valence-corrected chi connectivity index (χ4v) is 4.75. The lowest BCUT2D eigenvalue weighted by atomic mass is 9.94. The average Bonchev–Trinajstić information content (AvgIpc) is 2.85. The lowest BCUT2D eigenvalue weighted by Crippen LogP contribution is -2.52. The van der Waals surface area contributed by atoms with Crippen molar-refractivity contribution in [2.75, 3.05) is 46.4 Å². The average molecular weight is 498 g/mol. The van der Waals surface area contributed by atoms with Crippen LogP contribution in [0.2, 0.25) is 0 Å². The molecule has 0 saturated carbocycles. The topological polar surface area (TPSA) is 94.3 Å². The van der Waals surface area contributed by atoms with Crippen LogP contribution in [0.25, 0.3) is 0 Å². The molecule has 196 valence electrons. The maximum absolute atomic E-state index is 12.5. The highest BCUT2D eigenvalue weighted by Crippen LogP contribution is 2.29. The van der Waals surface area contributed by atoms with E-state index in [1.807, 2.05) is 63.2 Å². The first-order valence-corrected chi connectivity index (χ1v) is 12.6. The number of primary amides is 1. The number of esters is 1. The molecule has 0 aromatic heterocycles. The summed E-state index contributed by atoms with van der Waals surface area (Å²) in [7, 11) is 1.60. The van der Waals surface area contributed by atoms with Crippen molar-refractivity contribution in [2.24, 2.45) is 5.73 Å². The summed E-state index contributed by atoms with van der Waals surface area (Å²) in [5, 5.41) is 0. The Morgan fingerprint density at radius 3 is 2.19 bits per heavy atom. The van der Waals surface area contributed by atoms with Gasteiger partial charge in [0.05, 0.1) is 7.11 Å². The molecule has 1 aliphatic heterocycles. The summed E-state index contributed by atoms with van der Waals surface area (Å²) in [4.78, 5) is 29.2. The number of carbonyl (C=O) groups is 2. The number of nitrogens with two attached hydrogens (primary N) is 1. The number of methoxy groups -OCH3 is 1. The third-order valence-electron chi connectivity index (χ3n) is 6.56. The first-order chi connectivity index (χ1) is 17.3. The molecule has 1 aliphatic rings. The van der Waals surface area contributed by atoms with Crippen molar-refractivity contribution in [1.82, 2.24) is 9.80 Å². The Morgan fingerprint density at radius 1 is 0.972 bits per heavy atom. The van der Waals surface area contributed by atoms with Gasteiger partial charge in [-0.3, -0.25) is 19.4 Å². The second-order valence-corrected chi connectivity index (χ2v) is 9.27. The van der Waals surface area contributed by atoms with Crippen LogP contribution >= 0.6 is 0 Å². The molecular formula is C28H39N3O5. The van der Waals surface area contributed by atoms with Crippen LogP contribution < -0.4 is 15.2 Å². The number of hydrogen-bond acceptors (Lipinski definition) is 7. The van der Waals surface area contributed by atoms with Crippen molar-refractivity contribution < 1.29 is 23.8 Å². The molecule has 2 aromatic rings. The summed E-state index contributed by atoms with van der Waals surface area (Å²) in [6.45, 7) is 9.58. The molecule has 1 amide bonds. The van der Waals surface area contributed by atoms with E-state index in [1.54, 1.807) is 7.11 Å². The number of rotatable bonds is 12. The van der Waals surface area contributed by atoms with E-state index in [-0.39, 0.29) is 18.5 Å². The molecule has 2 atom stereocenters. The molecule has 0 radical (unpaired) electrons. The fraction of sp³-hybridized carbons (Fsp3) is 0.500. The normalized spacial score (nSPS) is 16.2. The summed E-state index contributed by atoms with van der Waals surface area (Å²) in [6.07, 6.45) is 0.672. The molecule has 2 N–H and O–H groups in total. The minimum absolute atomic E-state index is 0.225. The number of ether oxygens (including phenoxy) is 3. The summed E-state index contributed by atoms with van der Waals surface area (Å²) in [6, 6.07) is 13.0. The van der Waals surface area contributed by atoms with Gasteiger partial charge in [0.25, 0.3) is 0 Å². The van der Waals surface area contributed by atoms with Gasteiger partial charge in [0.15, 0.2) is 11.5 Å². The van der Waals surface area contributed by atoms with E-state index >= 15 is 0 Å². The summed E-state index contributed by atoms with van der Waals surface area (Å²) in [5.74, 6) is 0.680. The fourth-order valence-electron chi connectivity index (χ4n) is 4.75. The summed E-state index contributed by atoms with van der Waals surface area (Å²) in [5.41, 5.74) is 9.01. The number of amides is 1. The predicted molar refractivity (Wildman–Crippen MR) is 139 cm³/mol. The van der Waals surface area contributed by atoms with E-state index in [4.69, 9.17) is 19.9 Å². The predicted octanol–water partition coefficient (Wildman–Crippen LogP) is 3.25. The summed E-state index contributed by atoms with van der Waals surface area (Å²) >= 11 is 0. The number of benzene rings is 2. The maximum atomic E-state index is 12.5. The highest BCUT2D eigenvalue weighted by Gasteiger charge is 2.32. The number of carbonyl (C=O) groups excluding carboxylic acids is 2. The Bertz CT molecular complexity index is 1000. The van der Waals surface area contributed by atoms with Crippen LogP contribution in [0, 0.1) is 13.8 Å². The molecule has 1 saturated heterocycles. The number of hydrogen-bond donors (Lipinski definition) is 1. The van der Waals surface area contributed by atoms with Gasteiger partial charge < -0.3 is 19.9 Å². The zero-order chi connectivity index (χ0) is 26.1. The minimum Gasteiger partial charge on any atom is -0.493 e. The van der Waals surface area contributed by atoms with Crippen LogP contribution in [0.5, 0.6) is 11.5 Å². The van der Waals surface area contributed by atoms with Crippen molar-refractivity contribution >= 4 is 11.9 Å². The zero-order valence-electron chi connectivity index (χ0n) is 21.9. The van der Waals surface area contributed by atoms with Crippen LogP contribution in [-0.4, -0.2) is 74.2 Å². The van der Waals surface area contributed by atoms with E-state index in [1.165, 1.54) is 0 Å². The molecule has 2 aromatic carbocycles. The molecule has 36 heavy (non-hydrogen) atoms. The second kappa shape index (κ2) is 13.3. The van der Waals surface area contributed by atoms with E-state index in [2.05, 4.69) is 9.80 Å². The van der Waals surface area contributed by atoms with Crippen LogP contribution in [0.3, 0.4) is 0 Å². The largest absolute Gasteiger partial charge is 0.493 e. The van der Waals surface area contributed by atoms with E-state index < -0.39 is 12.1 Å². The van der Waals surface area contributed by atoms with Crippen molar-refractivity contribution in [3.8, 4) is 11.5 Å². The highest BCUT2D eigenvalue weighted by atomic mass is 16.6. The van der Waals surface area contributed by atoms with Gasteiger partial charge in [-0.05, 0) is 49.1 Å². The first-order valence-electron chi connectivity index (χ1n) is 12.6. The van der Waals surface area contributed by atoms with Gasteiger partial charge in [-0.2, -0.15) is 0 Å². The third-order valence-corrected chi connectivity index (χ3v) is 6.56. The Labute approximate surface area is 214 Å². The van der Waals surface area contributed by atoms with E-state index in [0.29, 0.717) is 37.6 Å². The summed E-state index contributed by atoms with van der Waals surface area (Å²) < 4.78 is 17.1. The van der Waals surface area contributed by atoms with Gasteiger partial charge in [-0.15, -0.1) is 0 Å². The van der Waals surface area contributed by atoms with Crippen molar-refractivity contribution in [1.29, 1.82) is 0 Å². The zero-order valence-corrected chi connectivity index (χ0v) is 21.9. The second-order valence-electron chi connectivity index (χ2n) is 9.27. The molecular weight excluding hydrogens is 458 g/mol. The number of para-hydroxylation sites is 2. The van der Waals surface area contributed by atoms with Crippen molar-refractivity contribution in [2.45, 2.75) is 45.8 Å². The quantitative estimate of drug-likeness (QED) is 0.450. The molecule has 8 nitrogen and oxygen atoms in total. The molecule has 0 aliphatic carbocycles. The van der Waals surface area contributed by atoms with Gasteiger partial charge in [0.2, 0.25) is 5.91 Å². The van der Waals surface area contributed by atoms with Gasteiger partial charge in [-0.25, -0.2) is 0 Å². The van der Waals surface area contributed by atoms with Crippen LogP contribution in [0.4, 0.5) is 0 Å². The van der Waals surface area contributed by atoms with Crippen molar-refractivity contribution in [3.63, 3.8) is 0 Å². The first kappa shape index (κ1) is 27.5. The Kier molecular flexibility index (Phi) is 10.1. The van der Waals surface area contributed by atoms with Gasteiger partial charge in [0.1, 0.15) is 18.8 Å². The molecule has 2 unspecified atom stereocenters. The standard InChI is InChI=1S/C28H39N3O5/c1-5-9-25(32)36-22(19-35-24-13-7-6-12-23(24)34-4)18-30-14-16-31(17-15-30)27(28(29)33)26-20(2)10-8-11-21(26)3/h6-8,10-13,22,27H,5,9,14-19H2,1-4H3,(H2,29,33). The van der Waals surface area contributed by atoms with Gasteiger partial charge in [0, 0.05) is 39.1 Å². The smallest absolute Gasteiger partial charge is 0.306 e. The number of nitrogens with zero attached hydrogens (tertiary/aromatic N) is 2. The van der Waals surface area contributed by atoms with Crippen molar-refractivity contribution in [3.05, 3.63) is 59.2 Å². The molecule has 1 fully saturated rings. The molecule has 0 spiro atoms. The molecule has 0 bridgehead atoms. The van der Waals surface area contributed by atoms with E-state index in [9.17, 15) is 9.59 Å². The lowest BCUT2D eigenvalue weighted by molar-refractivity contribution is -0.152. The SMILES string of the molecule is CCCC(=O)OC(COc1ccccc1OC)CN1CCN(C(C(N)=O)c2c(C)cccc2C)CC1. The number of piperazine rings is 1. The van der Waals surface area contributed by atoms with Gasteiger partial charge >= 0.3 is 5.97 Å². The third kappa shape index (κ3) is 7.21. The monoisotopic (exact) mass is 497 g/mol. The van der Waals surface area contributed by atoms with E-state index in [0.717, 1.165) is 36.2 Å².